The zero-order valence-corrected chi connectivity index (χ0v) is 18.2. The minimum atomic E-state index is -4.38. The maximum Gasteiger partial charge on any atom is 0.416 e. The van der Waals surface area contributed by atoms with Crippen molar-refractivity contribution in [2.75, 3.05) is 18.0 Å². The topological polar surface area (TPSA) is 34.0 Å². The monoisotopic (exact) mass is 466 g/mol. The van der Waals surface area contributed by atoms with Crippen molar-refractivity contribution in [2.24, 2.45) is 0 Å². The third-order valence-corrected chi connectivity index (χ3v) is 6.25. The van der Waals surface area contributed by atoms with Gasteiger partial charge in [-0.15, -0.1) is 0 Å². The van der Waals surface area contributed by atoms with E-state index in [1.54, 1.807) is 0 Å². The summed E-state index contributed by atoms with van der Waals surface area (Å²) < 4.78 is 41.6. The minimum absolute atomic E-state index is 0.378. The summed E-state index contributed by atoms with van der Waals surface area (Å²) in [6.45, 7) is 7.77. The largest absolute Gasteiger partial charge is 0.416 e. The molecule has 1 saturated heterocycles. The number of rotatable bonds is 2. The summed E-state index contributed by atoms with van der Waals surface area (Å²) in [5, 5.41) is 0.974. The number of alkyl halides is 3. The number of fused-ring (bicyclic) bond motifs is 1. The fourth-order valence-corrected chi connectivity index (χ4v) is 4.60. The Hall–Kier alpha value is -2.09. The number of halogens is 4. The fraction of sp³-hybridized carbons (Fsp3) is 0.429. The highest BCUT2D eigenvalue weighted by Gasteiger charge is 2.31. The van der Waals surface area contributed by atoms with Crippen molar-refractivity contribution < 1.29 is 13.2 Å². The highest BCUT2D eigenvalue weighted by atomic mass is 79.9. The van der Waals surface area contributed by atoms with E-state index in [-0.39, 0.29) is 0 Å². The molecule has 154 valence electrons. The van der Waals surface area contributed by atoms with E-state index < -0.39 is 11.7 Å². The van der Waals surface area contributed by atoms with Crippen LogP contribution in [0.15, 0.2) is 22.7 Å². The molecule has 1 aromatic carbocycles. The van der Waals surface area contributed by atoms with Gasteiger partial charge in [-0.05, 0) is 79.7 Å². The van der Waals surface area contributed by atoms with Crippen LogP contribution >= 0.6 is 15.9 Å². The number of piperidine rings is 1. The van der Waals surface area contributed by atoms with Crippen LogP contribution in [0, 0.1) is 20.8 Å². The van der Waals surface area contributed by atoms with Gasteiger partial charge < -0.3 is 4.90 Å². The predicted molar refractivity (Wildman–Crippen MR) is 112 cm³/mol. The molecule has 0 bridgehead atoms. The third-order valence-electron chi connectivity index (χ3n) is 5.62. The summed E-state index contributed by atoms with van der Waals surface area (Å²) >= 11 is 3.34. The van der Waals surface area contributed by atoms with Crippen molar-refractivity contribution in [1.29, 1.82) is 0 Å². The Morgan fingerprint density at radius 1 is 1.00 bits per heavy atom. The van der Waals surface area contributed by atoms with E-state index in [1.807, 2.05) is 25.3 Å². The zero-order chi connectivity index (χ0) is 20.9. The van der Waals surface area contributed by atoms with Gasteiger partial charge >= 0.3 is 6.18 Å². The second kappa shape index (κ2) is 7.31. The number of nitrogens with zero attached hydrogens (tertiary/aromatic N) is 4. The van der Waals surface area contributed by atoms with Crippen LogP contribution in [0.2, 0.25) is 0 Å². The summed E-state index contributed by atoms with van der Waals surface area (Å²) in [6, 6.07) is 3.73. The molecule has 0 spiro atoms. The molecule has 0 aliphatic carbocycles. The average molecular weight is 467 g/mol. The smallest absolute Gasteiger partial charge is 0.356 e. The summed E-state index contributed by atoms with van der Waals surface area (Å²) in [5.41, 5.74) is 2.68. The molecular weight excluding hydrogens is 445 g/mol. The first kappa shape index (κ1) is 20.2. The first-order chi connectivity index (χ1) is 13.7. The van der Waals surface area contributed by atoms with Crippen LogP contribution in [-0.4, -0.2) is 27.6 Å². The van der Waals surface area contributed by atoms with Gasteiger partial charge in [0.1, 0.15) is 11.6 Å². The number of hydrogen-bond acceptors (Lipinski definition) is 3. The van der Waals surface area contributed by atoms with Crippen molar-refractivity contribution in [3.05, 3.63) is 45.3 Å². The van der Waals surface area contributed by atoms with Crippen LogP contribution in [0.4, 0.5) is 19.0 Å². The zero-order valence-electron chi connectivity index (χ0n) is 16.6. The molecular formula is C21H22BrF3N4. The van der Waals surface area contributed by atoms with Crippen LogP contribution < -0.4 is 4.90 Å². The summed E-state index contributed by atoms with van der Waals surface area (Å²) in [4.78, 5) is 11.7. The van der Waals surface area contributed by atoms with Crippen LogP contribution in [0.3, 0.4) is 0 Å². The molecule has 0 unspecified atom stereocenters. The first-order valence-electron chi connectivity index (χ1n) is 9.67. The number of hydrogen-bond donors (Lipinski definition) is 0. The van der Waals surface area contributed by atoms with E-state index in [0.717, 1.165) is 66.2 Å². The first-order valence-corrected chi connectivity index (χ1v) is 10.5. The maximum atomic E-state index is 13.1. The molecule has 0 saturated carbocycles. The molecule has 4 rings (SSSR count). The van der Waals surface area contributed by atoms with Crippen LogP contribution in [-0.2, 0) is 6.18 Å². The van der Waals surface area contributed by atoms with Crippen molar-refractivity contribution in [1.82, 2.24) is 14.5 Å². The van der Waals surface area contributed by atoms with E-state index in [2.05, 4.69) is 25.8 Å². The van der Waals surface area contributed by atoms with E-state index in [4.69, 9.17) is 4.98 Å². The second-order valence-corrected chi connectivity index (χ2v) is 8.40. The molecule has 0 amide bonds. The molecule has 1 aliphatic rings. The van der Waals surface area contributed by atoms with Crippen molar-refractivity contribution in [3.8, 4) is 5.69 Å². The highest BCUT2D eigenvalue weighted by molar-refractivity contribution is 9.10. The highest BCUT2D eigenvalue weighted by Crippen LogP contribution is 2.38. The molecule has 4 nitrogen and oxygen atoms in total. The Labute approximate surface area is 175 Å². The summed E-state index contributed by atoms with van der Waals surface area (Å²) in [7, 11) is 0. The van der Waals surface area contributed by atoms with Crippen molar-refractivity contribution in [2.45, 2.75) is 46.2 Å². The van der Waals surface area contributed by atoms with Gasteiger partial charge in [-0.25, -0.2) is 9.97 Å². The number of aromatic nitrogens is 3. The van der Waals surface area contributed by atoms with Gasteiger partial charge in [0.05, 0.1) is 16.6 Å². The van der Waals surface area contributed by atoms with Gasteiger partial charge in [-0.3, -0.25) is 4.57 Å². The molecule has 29 heavy (non-hydrogen) atoms. The number of anilines is 1. The molecule has 2 aromatic heterocycles. The Kier molecular flexibility index (Phi) is 5.09. The van der Waals surface area contributed by atoms with Crippen molar-refractivity contribution >= 4 is 32.8 Å². The molecule has 1 aliphatic heterocycles. The normalized spacial score (nSPS) is 15.3. The SMILES string of the molecule is Cc1nc(N2CCCCC2)c2c(C)c(C)n(-c3ccc(C(F)(F)F)cc3Br)c2n1. The lowest BCUT2D eigenvalue weighted by Gasteiger charge is -2.28. The number of benzene rings is 1. The molecule has 1 fully saturated rings. The Morgan fingerprint density at radius 3 is 2.31 bits per heavy atom. The Bertz CT molecular complexity index is 1080. The molecule has 0 atom stereocenters. The molecule has 8 heteroatoms. The van der Waals surface area contributed by atoms with Gasteiger partial charge in [0.2, 0.25) is 0 Å². The van der Waals surface area contributed by atoms with Crippen LogP contribution in [0.1, 0.15) is 41.9 Å². The third kappa shape index (κ3) is 3.52. The van der Waals surface area contributed by atoms with Gasteiger partial charge in [0.15, 0.2) is 5.65 Å². The minimum Gasteiger partial charge on any atom is -0.356 e. The lowest BCUT2D eigenvalue weighted by Crippen LogP contribution is -2.30. The molecule has 3 heterocycles. The molecule has 3 aromatic rings. The van der Waals surface area contributed by atoms with Gasteiger partial charge in [0.25, 0.3) is 0 Å². The van der Waals surface area contributed by atoms with Gasteiger partial charge in [-0.2, -0.15) is 13.2 Å². The van der Waals surface area contributed by atoms with E-state index in [0.29, 0.717) is 16.0 Å². The molecule has 0 radical (unpaired) electrons. The Morgan fingerprint density at radius 2 is 1.69 bits per heavy atom. The lowest BCUT2D eigenvalue weighted by molar-refractivity contribution is -0.137. The Balaban J connectivity index is 1.95. The summed E-state index contributed by atoms with van der Waals surface area (Å²) in [5.74, 6) is 1.58. The van der Waals surface area contributed by atoms with E-state index in [9.17, 15) is 13.2 Å². The summed E-state index contributed by atoms with van der Waals surface area (Å²) in [6.07, 6.45) is -0.895. The predicted octanol–water partition coefficient (Wildman–Crippen LogP) is 6.12. The van der Waals surface area contributed by atoms with E-state index in [1.165, 1.54) is 12.5 Å². The fourth-order valence-electron chi connectivity index (χ4n) is 4.04. The maximum absolute atomic E-state index is 13.1. The van der Waals surface area contributed by atoms with Crippen molar-refractivity contribution in [3.63, 3.8) is 0 Å². The van der Waals surface area contributed by atoms with Gasteiger partial charge in [0, 0.05) is 23.3 Å². The van der Waals surface area contributed by atoms with Crippen LogP contribution in [0.25, 0.3) is 16.7 Å². The van der Waals surface area contributed by atoms with Crippen LogP contribution in [0.5, 0.6) is 0 Å². The van der Waals surface area contributed by atoms with E-state index >= 15 is 0 Å². The lowest BCUT2D eigenvalue weighted by atomic mass is 10.1. The standard InChI is InChI=1S/C21H22BrF3N4/c1-12-13(2)29(17-8-7-15(11-16(17)22)21(23,24)25)20-18(12)19(26-14(3)27-20)28-9-5-4-6-10-28/h7-8,11H,4-6,9-10H2,1-3H3. The number of aryl methyl sites for hydroxylation is 2. The molecule has 0 N–H and O–H groups in total. The van der Waals surface area contributed by atoms with Gasteiger partial charge in [-0.1, -0.05) is 0 Å². The quantitative estimate of drug-likeness (QED) is 0.456. The average Bonchev–Trinajstić information content (AvgIpc) is 2.91. The second-order valence-electron chi connectivity index (χ2n) is 7.55.